The fourth-order valence-corrected chi connectivity index (χ4v) is 2.51. The van der Waals surface area contributed by atoms with Crippen LogP contribution in [0, 0.1) is 12.7 Å². The zero-order valence-corrected chi connectivity index (χ0v) is 12.0. The maximum absolute atomic E-state index is 13.3. The minimum absolute atomic E-state index is 0.223. The Balaban J connectivity index is 2.50. The molecule has 2 rings (SSSR count). The van der Waals surface area contributed by atoms with E-state index in [9.17, 15) is 9.50 Å². The number of benzene rings is 2. The summed E-state index contributed by atoms with van der Waals surface area (Å²) in [4.78, 5) is 0. The van der Waals surface area contributed by atoms with Crippen molar-refractivity contribution in [3.8, 4) is 0 Å². The van der Waals surface area contributed by atoms with Gasteiger partial charge in [0.1, 0.15) is 11.9 Å². The largest absolute Gasteiger partial charge is 0.384 e. The molecule has 0 amide bonds. The van der Waals surface area contributed by atoms with Gasteiger partial charge in [-0.1, -0.05) is 45.7 Å². The first-order valence-corrected chi connectivity index (χ1v) is 6.56. The number of rotatable bonds is 2. The van der Waals surface area contributed by atoms with Crippen molar-refractivity contribution in [2.24, 2.45) is 0 Å². The Morgan fingerprint density at radius 2 is 1.89 bits per heavy atom. The second kappa shape index (κ2) is 5.39. The number of hydrogen-bond donors (Lipinski definition) is 1. The monoisotopic (exact) mass is 328 g/mol. The fraction of sp³-hybridized carbons (Fsp3) is 0.143. The lowest BCUT2D eigenvalue weighted by Crippen LogP contribution is -2.02. The Morgan fingerprint density at radius 1 is 1.22 bits per heavy atom. The van der Waals surface area contributed by atoms with Crippen LogP contribution in [-0.4, -0.2) is 5.11 Å². The molecule has 2 aromatic carbocycles. The van der Waals surface area contributed by atoms with E-state index in [-0.39, 0.29) is 10.8 Å². The van der Waals surface area contributed by atoms with Crippen molar-refractivity contribution >= 4 is 27.5 Å². The highest BCUT2D eigenvalue weighted by atomic mass is 79.9. The molecule has 1 N–H and O–H groups in total. The van der Waals surface area contributed by atoms with Crippen molar-refractivity contribution in [2.75, 3.05) is 0 Å². The first kappa shape index (κ1) is 13.5. The highest BCUT2D eigenvalue weighted by molar-refractivity contribution is 9.10. The van der Waals surface area contributed by atoms with Crippen molar-refractivity contribution in [1.82, 2.24) is 0 Å². The van der Waals surface area contributed by atoms with Crippen molar-refractivity contribution < 1.29 is 9.50 Å². The van der Waals surface area contributed by atoms with Gasteiger partial charge in [0.15, 0.2) is 0 Å². The molecule has 0 heterocycles. The molecule has 4 heteroatoms. The van der Waals surface area contributed by atoms with Gasteiger partial charge in [0.25, 0.3) is 0 Å². The van der Waals surface area contributed by atoms with Gasteiger partial charge in [-0.15, -0.1) is 0 Å². The smallest absolute Gasteiger partial charge is 0.127 e. The molecule has 1 nitrogen and oxygen atoms in total. The maximum Gasteiger partial charge on any atom is 0.127 e. The van der Waals surface area contributed by atoms with E-state index in [1.54, 1.807) is 19.1 Å². The van der Waals surface area contributed by atoms with Gasteiger partial charge in [-0.2, -0.15) is 0 Å². The van der Waals surface area contributed by atoms with Gasteiger partial charge >= 0.3 is 0 Å². The zero-order valence-electron chi connectivity index (χ0n) is 9.62. The summed E-state index contributed by atoms with van der Waals surface area (Å²) in [5, 5.41) is 10.6. The van der Waals surface area contributed by atoms with Crippen LogP contribution in [0.1, 0.15) is 22.8 Å². The van der Waals surface area contributed by atoms with Crippen LogP contribution in [0.4, 0.5) is 4.39 Å². The summed E-state index contributed by atoms with van der Waals surface area (Å²) in [7, 11) is 0. The number of aliphatic hydroxyl groups excluding tert-OH is 1. The Labute approximate surface area is 118 Å². The van der Waals surface area contributed by atoms with E-state index in [0.29, 0.717) is 16.7 Å². The Bertz CT molecular complexity index is 586. The van der Waals surface area contributed by atoms with Crippen molar-refractivity contribution in [1.29, 1.82) is 0 Å². The van der Waals surface area contributed by atoms with Crippen molar-refractivity contribution in [3.05, 3.63) is 68.4 Å². The summed E-state index contributed by atoms with van der Waals surface area (Å²) in [6.07, 6.45) is -0.882. The SMILES string of the molecule is Cc1cc(C(O)c2ccccc2Br)c(Cl)cc1F. The van der Waals surface area contributed by atoms with Crippen LogP contribution in [0.2, 0.25) is 5.02 Å². The van der Waals surface area contributed by atoms with Gasteiger partial charge in [0.05, 0.1) is 0 Å². The lowest BCUT2D eigenvalue weighted by molar-refractivity contribution is 0.219. The summed E-state index contributed by atoms with van der Waals surface area (Å²) in [6.45, 7) is 1.64. The molecule has 0 fully saturated rings. The highest BCUT2D eigenvalue weighted by Crippen LogP contribution is 2.33. The summed E-state index contributed by atoms with van der Waals surface area (Å²) >= 11 is 9.36. The third-order valence-electron chi connectivity index (χ3n) is 2.77. The van der Waals surface area contributed by atoms with Crippen LogP contribution < -0.4 is 0 Å². The Kier molecular flexibility index (Phi) is 4.05. The molecule has 0 aromatic heterocycles. The number of aliphatic hydroxyl groups is 1. The molecular weight excluding hydrogens is 319 g/mol. The average Bonchev–Trinajstić information content (AvgIpc) is 2.33. The average molecular weight is 330 g/mol. The molecule has 2 aromatic rings. The third-order valence-corrected chi connectivity index (χ3v) is 3.82. The van der Waals surface area contributed by atoms with Crippen LogP contribution in [0.15, 0.2) is 40.9 Å². The minimum atomic E-state index is -0.882. The van der Waals surface area contributed by atoms with Gasteiger partial charge in [-0.25, -0.2) is 4.39 Å². The predicted octanol–water partition coefficient (Wildman–Crippen LogP) is 4.63. The molecular formula is C14H11BrClFO. The van der Waals surface area contributed by atoms with E-state index in [1.807, 2.05) is 18.2 Å². The summed E-state index contributed by atoms with van der Waals surface area (Å²) in [6, 6.07) is 10.1. The summed E-state index contributed by atoms with van der Waals surface area (Å²) < 4.78 is 14.1. The quantitative estimate of drug-likeness (QED) is 0.851. The second-order valence-corrected chi connectivity index (χ2v) is 5.31. The van der Waals surface area contributed by atoms with E-state index >= 15 is 0 Å². The molecule has 0 bridgehead atoms. The number of hydrogen-bond acceptors (Lipinski definition) is 1. The second-order valence-electron chi connectivity index (χ2n) is 4.05. The molecule has 1 unspecified atom stereocenters. The molecule has 18 heavy (non-hydrogen) atoms. The molecule has 0 aliphatic rings. The van der Waals surface area contributed by atoms with Crippen LogP contribution in [0.5, 0.6) is 0 Å². The third kappa shape index (κ3) is 2.58. The topological polar surface area (TPSA) is 20.2 Å². The molecule has 94 valence electrons. The lowest BCUT2D eigenvalue weighted by atomic mass is 10.00. The van der Waals surface area contributed by atoms with Crippen molar-refractivity contribution in [2.45, 2.75) is 13.0 Å². The lowest BCUT2D eigenvalue weighted by Gasteiger charge is -2.15. The maximum atomic E-state index is 13.3. The normalized spacial score (nSPS) is 12.5. The van der Waals surface area contributed by atoms with Gasteiger partial charge in [-0.3, -0.25) is 0 Å². The molecule has 0 saturated carbocycles. The standard InChI is InChI=1S/C14H11BrClFO/c1-8-6-10(12(16)7-13(8)17)14(18)9-4-2-3-5-11(9)15/h2-7,14,18H,1H3. The van der Waals surface area contributed by atoms with E-state index in [2.05, 4.69) is 15.9 Å². The first-order valence-electron chi connectivity index (χ1n) is 5.38. The van der Waals surface area contributed by atoms with Crippen molar-refractivity contribution in [3.63, 3.8) is 0 Å². The number of aryl methyl sites for hydroxylation is 1. The van der Waals surface area contributed by atoms with Crippen LogP contribution in [0.25, 0.3) is 0 Å². The molecule has 0 radical (unpaired) electrons. The van der Waals surface area contributed by atoms with Gasteiger partial charge < -0.3 is 5.11 Å². The fourth-order valence-electron chi connectivity index (χ4n) is 1.75. The van der Waals surface area contributed by atoms with Gasteiger partial charge in [-0.05, 0) is 36.2 Å². The van der Waals surface area contributed by atoms with Gasteiger partial charge in [0, 0.05) is 15.1 Å². The summed E-state index contributed by atoms with van der Waals surface area (Å²) in [5.74, 6) is -0.372. The molecule has 0 spiro atoms. The van der Waals surface area contributed by atoms with E-state index in [1.165, 1.54) is 6.07 Å². The van der Waals surface area contributed by atoms with Crippen LogP contribution in [-0.2, 0) is 0 Å². The molecule has 0 aliphatic carbocycles. The summed E-state index contributed by atoms with van der Waals surface area (Å²) in [5.41, 5.74) is 1.66. The van der Waals surface area contributed by atoms with Crippen LogP contribution in [0.3, 0.4) is 0 Å². The first-order chi connectivity index (χ1) is 8.50. The van der Waals surface area contributed by atoms with E-state index in [4.69, 9.17) is 11.6 Å². The number of halogens is 3. The van der Waals surface area contributed by atoms with E-state index in [0.717, 1.165) is 4.47 Å². The van der Waals surface area contributed by atoms with Crippen LogP contribution >= 0.6 is 27.5 Å². The molecule has 1 atom stereocenters. The highest BCUT2D eigenvalue weighted by Gasteiger charge is 2.17. The zero-order chi connectivity index (χ0) is 13.3. The van der Waals surface area contributed by atoms with E-state index < -0.39 is 6.10 Å². The predicted molar refractivity (Wildman–Crippen MR) is 74.4 cm³/mol. The van der Waals surface area contributed by atoms with Gasteiger partial charge in [0.2, 0.25) is 0 Å². The molecule has 0 aliphatic heterocycles. The Morgan fingerprint density at radius 3 is 2.56 bits per heavy atom. The minimum Gasteiger partial charge on any atom is -0.384 e. The Hall–Kier alpha value is -0.900. The molecule has 0 saturated heterocycles.